The van der Waals surface area contributed by atoms with E-state index in [1.165, 1.54) is 47.7 Å². The Kier molecular flexibility index (Phi) is 38.4. The molecule has 0 saturated heterocycles. The molecule has 29 heteroatoms. The zero-order valence-corrected chi connectivity index (χ0v) is 56.2. The molecule has 1 N–H and O–H groups in total. The third-order valence-electron chi connectivity index (χ3n) is 10.3. The highest BCUT2D eigenvalue weighted by Crippen LogP contribution is 2.65. The van der Waals surface area contributed by atoms with Gasteiger partial charge < -0.3 is 61.8 Å². The van der Waals surface area contributed by atoms with E-state index in [0.29, 0.717) is 132 Å². The summed E-state index contributed by atoms with van der Waals surface area (Å²) in [6, 6.07) is 6.95. The molecule has 0 aliphatic carbocycles. The number of H-pyrrole nitrogens is 1. The number of hydrogen-bond acceptors (Lipinski definition) is 26. The van der Waals surface area contributed by atoms with E-state index < -0.39 is 10.0 Å². The van der Waals surface area contributed by atoms with Gasteiger partial charge >= 0.3 is 0 Å². The third-order valence-corrected chi connectivity index (χ3v) is 28.9. The zero-order valence-electron chi connectivity index (χ0n) is 45.6. The number of aromatic nitrogens is 2. The van der Waals surface area contributed by atoms with Gasteiger partial charge in [0.2, 0.25) is 0 Å². The Bertz CT molecular complexity index is 2400. The fourth-order valence-electron chi connectivity index (χ4n) is 6.32. The Morgan fingerprint density at radius 1 is 0.407 bits per heavy atom. The first-order valence-electron chi connectivity index (χ1n) is 25.4. The average Bonchev–Trinajstić information content (AvgIpc) is 3.74. The summed E-state index contributed by atoms with van der Waals surface area (Å²) < 4.78 is 103. The third kappa shape index (κ3) is 26.6. The molecule has 0 radical (unpaired) electrons. The Morgan fingerprint density at radius 3 is 0.988 bits per heavy atom. The van der Waals surface area contributed by atoms with E-state index in [9.17, 15) is 8.42 Å². The zero-order chi connectivity index (χ0) is 56.5. The lowest BCUT2D eigenvalue weighted by atomic mass is 10.2. The maximum absolute atomic E-state index is 13.2. The van der Waals surface area contributed by atoms with Gasteiger partial charge in [-0.15, -0.1) is 47.0 Å². The quantitative estimate of drug-likeness (QED) is 0.0532. The van der Waals surface area contributed by atoms with E-state index in [2.05, 4.69) is 17.4 Å². The molecular formula is C52H78N2O14S13. The molecule has 7 rings (SSSR count). The van der Waals surface area contributed by atoms with E-state index in [1.54, 1.807) is 124 Å². The second kappa shape index (κ2) is 43.1. The first kappa shape index (κ1) is 72.2. The minimum Gasteiger partial charge on any atom is -0.382 e. The van der Waals surface area contributed by atoms with Crippen molar-refractivity contribution in [3.8, 4) is 0 Å². The van der Waals surface area contributed by atoms with Crippen LogP contribution in [0.5, 0.6) is 0 Å². The highest BCUT2D eigenvalue weighted by atomic mass is 32.3. The number of nitrogens with zero attached hydrogens (tertiary/aromatic N) is 1. The smallest absolute Gasteiger partial charge is 0.267 e. The molecule has 0 fully saturated rings. The number of ether oxygens (including phenoxy) is 12. The van der Waals surface area contributed by atoms with Gasteiger partial charge in [-0.2, -0.15) is 0 Å². The average molecular weight is 1370 g/mol. The van der Waals surface area contributed by atoms with Gasteiger partial charge in [-0.3, -0.25) is 0 Å². The summed E-state index contributed by atoms with van der Waals surface area (Å²) in [6.07, 6.45) is 7.61. The summed E-state index contributed by atoms with van der Waals surface area (Å²) in [6.45, 7) is 14.0. The molecule has 16 nitrogen and oxygen atoms in total. The van der Waals surface area contributed by atoms with Crippen molar-refractivity contribution >= 4 is 151 Å². The molecule has 0 saturated carbocycles. The molecule has 2 aromatic heterocycles. The number of aromatic amines is 1. The van der Waals surface area contributed by atoms with E-state index in [1.807, 2.05) is 89.6 Å². The van der Waals surface area contributed by atoms with Gasteiger partial charge in [-0.25, -0.2) is 12.4 Å². The highest BCUT2D eigenvalue weighted by molar-refractivity contribution is 8.43. The second-order valence-corrected chi connectivity index (χ2v) is 32.8. The molecule has 6 heterocycles. The van der Waals surface area contributed by atoms with Crippen LogP contribution >= 0.6 is 141 Å². The van der Waals surface area contributed by atoms with Gasteiger partial charge in [0.15, 0.2) is 0 Å². The lowest BCUT2D eigenvalue weighted by molar-refractivity contribution is 0.0286. The van der Waals surface area contributed by atoms with Crippen LogP contribution in [0.2, 0.25) is 0 Å². The molecule has 0 bridgehead atoms. The van der Waals surface area contributed by atoms with Crippen LogP contribution in [0.25, 0.3) is 0 Å². The van der Waals surface area contributed by atoms with Gasteiger partial charge in [-0.05, 0) is 19.1 Å². The van der Waals surface area contributed by atoms with Crippen molar-refractivity contribution in [2.75, 3.05) is 184 Å². The standard InChI is InChI=1S/C29H39NO8S7.C22H33NO6S6.CH4.H2/c1-22-4-6-23(7-5-22)45(31,32)30-20-24-25(21-30)42-28(41-24)29-43-26(39-18-16-37-14-12-35-10-8-33-2)27(44-29)40-19-17-38-15-13-36-11-9-34-3;1-24-3-5-26-7-9-28-11-13-30-19-20(31-14-12-29-10-8-27-6-4-25-2)35-22(34-19)21-32-17-15-23-16-18(17)33-21;;/h4-7,20-21H,8-19H2,1-3H3;15-16,23H,3-14H2,1-2H3;1H4;1H/i;;;1+1. The number of thioether (sulfide) groups is 12. The number of benzene rings is 1. The Morgan fingerprint density at radius 2 is 0.679 bits per heavy atom. The summed E-state index contributed by atoms with van der Waals surface area (Å²) in [5.74, 6) is 3.52. The van der Waals surface area contributed by atoms with Gasteiger partial charge in [-0.1, -0.05) is 119 Å². The van der Waals surface area contributed by atoms with E-state index in [4.69, 9.17) is 56.8 Å². The number of methoxy groups -OCH3 is 4. The highest BCUT2D eigenvalue weighted by Gasteiger charge is 2.32. The molecule has 0 unspecified atom stereocenters. The number of rotatable bonds is 42. The van der Waals surface area contributed by atoms with Crippen LogP contribution in [-0.2, 0) is 66.9 Å². The van der Waals surface area contributed by atoms with Crippen LogP contribution in [0.15, 0.2) is 107 Å². The van der Waals surface area contributed by atoms with Crippen LogP contribution < -0.4 is 0 Å². The Balaban J connectivity index is 0.000000354. The SMILES string of the molecule is C.COCCOCCOCCSC1=C(SCCOCCOCCOC)SC(=C2Sc3c[nH]cc3S2)S1.COCCOCCOCCSC1=C(SCCOCCOCCOC)SC(=C2Sc3cn(S(=O)(=O)c4ccc(C)cc4)cc3S2)S1.[2HH]. The van der Waals surface area contributed by atoms with Crippen LogP contribution in [0.4, 0.5) is 0 Å². The maximum Gasteiger partial charge on any atom is 0.267 e. The lowest BCUT2D eigenvalue weighted by Gasteiger charge is -2.07. The molecule has 0 spiro atoms. The molecule has 4 aliphatic heterocycles. The Labute approximate surface area is 532 Å². The monoisotopic (exact) mass is 1370 g/mol. The van der Waals surface area contributed by atoms with Crippen molar-refractivity contribution in [2.45, 2.75) is 38.8 Å². The van der Waals surface area contributed by atoms with Crippen LogP contribution in [0, 0.1) is 6.92 Å². The minimum absolute atomic E-state index is 0. The van der Waals surface area contributed by atoms with E-state index >= 15 is 0 Å². The van der Waals surface area contributed by atoms with Crippen molar-refractivity contribution in [3.05, 3.63) is 88.5 Å². The summed E-state index contributed by atoms with van der Waals surface area (Å²) in [7, 11) is 3.03. The number of fused-ring (bicyclic) bond motifs is 2. The summed E-state index contributed by atoms with van der Waals surface area (Å²) in [5, 5.41) is 0. The summed E-state index contributed by atoms with van der Waals surface area (Å²) in [4.78, 5) is 8.02. The van der Waals surface area contributed by atoms with Crippen molar-refractivity contribution in [2.24, 2.45) is 0 Å². The van der Waals surface area contributed by atoms with Gasteiger partial charge in [0, 0.05) is 97.2 Å². The van der Waals surface area contributed by atoms with Crippen LogP contribution in [0.3, 0.4) is 0 Å². The van der Waals surface area contributed by atoms with Crippen LogP contribution in [0.1, 0.15) is 14.4 Å². The lowest BCUT2D eigenvalue weighted by Crippen LogP contribution is -2.10. The Hall–Kier alpha value is 0.410. The molecule has 1 aromatic carbocycles. The van der Waals surface area contributed by atoms with Crippen molar-refractivity contribution in [3.63, 3.8) is 0 Å². The topological polar surface area (TPSA) is 166 Å². The van der Waals surface area contributed by atoms with E-state index in [-0.39, 0.29) is 13.7 Å². The molecular weight excluding hydrogens is 1290 g/mol. The fraction of sp³-hybridized carbons (Fsp3) is 0.577. The van der Waals surface area contributed by atoms with Gasteiger partial charge in [0.25, 0.3) is 10.0 Å². The first-order chi connectivity index (χ1) is 39.2. The molecule has 4 aliphatic rings. The second-order valence-electron chi connectivity index (χ2n) is 16.2. The maximum atomic E-state index is 13.2. The number of nitrogens with one attached hydrogen (secondary N) is 1. The van der Waals surface area contributed by atoms with Crippen molar-refractivity contribution in [1.82, 2.24) is 8.96 Å². The van der Waals surface area contributed by atoms with Gasteiger partial charge in [0.1, 0.15) is 0 Å². The number of aryl methyl sites for hydroxylation is 1. The molecule has 3 aromatic rings. The predicted molar refractivity (Wildman–Crippen MR) is 354 cm³/mol. The fourth-order valence-corrected chi connectivity index (χ4v) is 24.6. The molecule has 0 atom stereocenters. The van der Waals surface area contributed by atoms with Crippen molar-refractivity contribution < 1.29 is 66.7 Å². The minimum atomic E-state index is -3.64. The molecule has 0 amide bonds. The first-order valence-corrected chi connectivity index (χ1v) is 37.3. The normalized spacial score (nSPS) is 15.1. The van der Waals surface area contributed by atoms with Gasteiger partial charge in [0.05, 0.1) is 171 Å². The molecule has 81 heavy (non-hydrogen) atoms. The largest absolute Gasteiger partial charge is 0.382 e. The predicted octanol–water partition coefficient (Wildman–Crippen LogP) is 13.4. The summed E-state index contributed by atoms with van der Waals surface area (Å²) >= 11 is 21.7. The van der Waals surface area contributed by atoms with Crippen LogP contribution in [-0.4, -0.2) is 201 Å². The van der Waals surface area contributed by atoms with E-state index in [0.717, 1.165) is 38.4 Å². The molecule has 458 valence electrons. The number of hydrogen-bond donors (Lipinski definition) is 1. The summed E-state index contributed by atoms with van der Waals surface area (Å²) in [5.41, 5.74) is 1.02. The van der Waals surface area contributed by atoms with Crippen molar-refractivity contribution in [1.29, 1.82) is 0 Å².